The Kier molecular flexibility index (Phi) is 4.17. The first-order valence-corrected chi connectivity index (χ1v) is 8.26. The van der Waals surface area contributed by atoms with Crippen molar-refractivity contribution in [1.82, 2.24) is 0 Å². The molecular weight excluding hydrogens is 338 g/mol. The van der Waals surface area contributed by atoms with Gasteiger partial charge in [-0.15, -0.1) is 0 Å². The average Bonchev–Trinajstić information content (AvgIpc) is 2.78. The largest absolute Gasteiger partial charge is 0.502 e. The number of benzene rings is 2. The van der Waals surface area contributed by atoms with E-state index in [2.05, 4.69) is 20.8 Å². The number of nitrogens with zero attached hydrogens (tertiary/aromatic N) is 1. The fourth-order valence-corrected chi connectivity index (χ4v) is 2.87. The molecule has 0 aromatic heterocycles. The highest BCUT2D eigenvalue weighted by molar-refractivity contribution is 6.45. The molecular formula is C20H18ClNO3. The topological polar surface area (TPSA) is 57.6 Å². The van der Waals surface area contributed by atoms with Gasteiger partial charge in [0.25, 0.3) is 5.91 Å². The molecule has 0 aliphatic carbocycles. The van der Waals surface area contributed by atoms with Gasteiger partial charge in [0.15, 0.2) is 5.76 Å². The van der Waals surface area contributed by atoms with Crippen LogP contribution in [0.25, 0.3) is 5.57 Å². The average molecular weight is 356 g/mol. The van der Waals surface area contributed by atoms with Gasteiger partial charge < -0.3 is 5.11 Å². The van der Waals surface area contributed by atoms with E-state index in [-0.39, 0.29) is 11.0 Å². The van der Waals surface area contributed by atoms with Gasteiger partial charge >= 0.3 is 5.91 Å². The summed E-state index contributed by atoms with van der Waals surface area (Å²) in [5.41, 5.74) is 1.92. The summed E-state index contributed by atoms with van der Waals surface area (Å²) in [5, 5.41) is 10.7. The van der Waals surface area contributed by atoms with Crippen LogP contribution in [0, 0.1) is 0 Å². The molecule has 2 aromatic carbocycles. The highest BCUT2D eigenvalue weighted by Gasteiger charge is 2.40. The molecule has 2 aromatic rings. The summed E-state index contributed by atoms with van der Waals surface area (Å²) in [6, 6.07) is 13.6. The molecule has 1 heterocycles. The number of carbonyl (C=O) groups excluding carboxylic acids is 2. The van der Waals surface area contributed by atoms with Gasteiger partial charge in [-0.3, -0.25) is 9.59 Å². The minimum atomic E-state index is -0.724. The lowest BCUT2D eigenvalue weighted by molar-refractivity contribution is -0.121. The normalized spacial score (nSPS) is 15.3. The van der Waals surface area contributed by atoms with Crippen LogP contribution in [0.4, 0.5) is 5.69 Å². The predicted octanol–water partition coefficient (Wildman–Crippen LogP) is 4.48. The standard InChI is InChI=1S/C20H18ClNO3/c1-20(2,3)13-6-10-15(11-7-13)22-18(24)16(17(23)19(22)25)12-4-8-14(21)9-5-12/h4-11,23H,1-3H3. The molecule has 0 atom stereocenters. The number of carbonyl (C=O) groups is 2. The summed E-state index contributed by atoms with van der Waals surface area (Å²) in [4.78, 5) is 26.2. The van der Waals surface area contributed by atoms with Crippen molar-refractivity contribution in [3.05, 3.63) is 70.4 Å². The number of hydrogen-bond acceptors (Lipinski definition) is 3. The van der Waals surface area contributed by atoms with Gasteiger partial charge in [-0.2, -0.15) is 0 Å². The smallest absolute Gasteiger partial charge is 0.301 e. The maximum absolute atomic E-state index is 12.7. The van der Waals surface area contributed by atoms with Crippen molar-refractivity contribution in [2.75, 3.05) is 4.90 Å². The second-order valence-corrected chi connectivity index (χ2v) is 7.41. The summed E-state index contributed by atoms with van der Waals surface area (Å²) >= 11 is 5.86. The van der Waals surface area contributed by atoms with Gasteiger partial charge in [0.1, 0.15) is 0 Å². The van der Waals surface area contributed by atoms with Crippen molar-refractivity contribution in [1.29, 1.82) is 0 Å². The lowest BCUT2D eigenvalue weighted by Crippen LogP contribution is -2.31. The number of aliphatic hydroxyl groups excluding tert-OH is 1. The molecule has 0 spiro atoms. The summed E-state index contributed by atoms with van der Waals surface area (Å²) in [6.45, 7) is 6.25. The Morgan fingerprint density at radius 3 is 1.96 bits per heavy atom. The Hall–Kier alpha value is -2.59. The van der Waals surface area contributed by atoms with Crippen LogP contribution in [0.2, 0.25) is 5.02 Å². The lowest BCUT2D eigenvalue weighted by Gasteiger charge is -2.21. The molecule has 5 heteroatoms. The molecule has 0 unspecified atom stereocenters. The van der Waals surface area contributed by atoms with Crippen LogP contribution in [0.3, 0.4) is 0 Å². The first kappa shape index (κ1) is 17.2. The molecule has 0 saturated heterocycles. The fraction of sp³-hybridized carbons (Fsp3) is 0.200. The van der Waals surface area contributed by atoms with E-state index >= 15 is 0 Å². The number of hydrogen-bond donors (Lipinski definition) is 1. The molecule has 1 aliphatic heterocycles. The molecule has 0 fully saturated rings. The van der Waals surface area contributed by atoms with Gasteiger partial charge in [0, 0.05) is 5.02 Å². The first-order chi connectivity index (χ1) is 11.7. The number of amides is 2. The maximum atomic E-state index is 12.7. The van der Waals surface area contributed by atoms with Gasteiger partial charge in [-0.05, 0) is 40.8 Å². The lowest BCUT2D eigenvalue weighted by atomic mass is 9.87. The van der Waals surface area contributed by atoms with Crippen molar-refractivity contribution in [2.45, 2.75) is 26.2 Å². The molecule has 0 saturated carbocycles. The van der Waals surface area contributed by atoms with Crippen molar-refractivity contribution in [3.8, 4) is 0 Å². The van der Waals surface area contributed by atoms with E-state index in [1.165, 1.54) is 0 Å². The number of rotatable bonds is 2. The predicted molar refractivity (Wildman–Crippen MR) is 98.6 cm³/mol. The molecule has 0 radical (unpaired) electrons. The second-order valence-electron chi connectivity index (χ2n) is 6.97. The van der Waals surface area contributed by atoms with Gasteiger partial charge in [-0.25, -0.2) is 4.90 Å². The van der Waals surface area contributed by atoms with E-state index in [0.29, 0.717) is 16.3 Å². The maximum Gasteiger partial charge on any atom is 0.301 e. The zero-order valence-corrected chi connectivity index (χ0v) is 15.0. The van der Waals surface area contributed by atoms with Crippen LogP contribution in [-0.2, 0) is 15.0 Å². The molecule has 4 nitrogen and oxygen atoms in total. The third-order valence-electron chi connectivity index (χ3n) is 4.18. The van der Waals surface area contributed by atoms with E-state index in [0.717, 1.165) is 10.5 Å². The molecule has 2 amide bonds. The number of halogens is 1. The Morgan fingerprint density at radius 2 is 1.44 bits per heavy atom. The Labute approximate surface area is 151 Å². The third-order valence-corrected chi connectivity index (χ3v) is 4.44. The van der Waals surface area contributed by atoms with Gasteiger partial charge in [0.2, 0.25) is 0 Å². The van der Waals surface area contributed by atoms with E-state index in [4.69, 9.17) is 11.6 Å². The van der Waals surface area contributed by atoms with E-state index in [1.54, 1.807) is 36.4 Å². The summed E-state index contributed by atoms with van der Waals surface area (Å²) < 4.78 is 0. The second kappa shape index (κ2) is 6.05. The molecule has 25 heavy (non-hydrogen) atoms. The third kappa shape index (κ3) is 3.05. The summed E-state index contributed by atoms with van der Waals surface area (Å²) in [6.07, 6.45) is 0. The molecule has 1 N–H and O–H groups in total. The Bertz CT molecular complexity index is 875. The highest BCUT2D eigenvalue weighted by Crippen LogP contribution is 2.33. The van der Waals surface area contributed by atoms with Crippen LogP contribution in [0.1, 0.15) is 31.9 Å². The quantitative estimate of drug-likeness (QED) is 0.808. The Balaban J connectivity index is 1.97. The van der Waals surface area contributed by atoms with Crippen LogP contribution in [0.5, 0.6) is 0 Å². The fourth-order valence-electron chi connectivity index (χ4n) is 2.74. The summed E-state index contributed by atoms with van der Waals surface area (Å²) in [5.74, 6) is -1.82. The number of aliphatic hydroxyl groups is 1. The minimum absolute atomic E-state index is 0.0124. The zero-order chi connectivity index (χ0) is 18.4. The highest BCUT2D eigenvalue weighted by atomic mass is 35.5. The van der Waals surface area contributed by atoms with E-state index < -0.39 is 17.6 Å². The van der Waals surface area contributed by atoms with E-state index in [9.17, 15) is 14.7 Å². The number of imide groups is 1. The minimum Gasteiger partial charge on any atom is -0.502 e. The molecule has 0 bridgehead atoms. The van der Waals surface area contributed by atoms with Crippen molar-refractivity contribution >= 4 is 34.7 Å². The van der Waals surface area contributed by atoms with Crippen LogP contribution < -0.4 is 4.90 Å². The zero-order valence-electron chi connectivity index (χ0n) is 14.2. The van der Waals surface area contributed by atoms with Crippen LogP contribution >= 0.6 is 11.6 Å². The molecule has 3 rings (SSSR count). The Morgan fingerprint density at radius 1 is 0.880 bits per heavy atom. The van der Waals surface area contributed by atoms with Crippen molar-refractivity contribution in [2.24, 2.45) is 0 Å². The van der Waals surface area contributed by atoms with Crippen molar-refractivity contribution < 1.29 is 14.7 Å². The molecule has 1 aliphatic rings. The van der Waals surface area contributed by atoms with Crippen LogP contribution in [0.15, 0.2) is 54.3 Å². The number of anilines is 1. The van der Waals surface area contributed by atoms with Crippen LogP contribution in [-0.4, -0.2) is 16.9 Å². The first-order valence-electron chi connectivity index (χ1n) is 7.88. The SMILES string of the molecule is CC(C)(C)c1ccc(N2C(=O)C(O)=C(c3ccc(Cl)cc3)C2=O)cc1. The summed E-state index contributed by atoms with van der Waals surface area (Å²) in [7, 11) is 0. The van der Waals surface area contributed by atoms with Gasteiger partial charge in [0.05, 0.1) is 11.3 Å². The van der Waals surface area contributed by atoms with Gasteiger partial charge in [-0.1, -0.05) is 56.6 Å². The molecule has 128 valence electrons. The monoisotopic (exact) mass is 355 g/mol. The van der Waals surface area contributed by atoms with Crippen molar-refractivity contribution in [3.63, 3.8) is 0 Å². The van der Waals surface area contributed by atoms with E-state index in [1.807, 2.05) is 12.1 Å².